The Hall–Kier alpha value is -1.92. The van der Waals surface area contributed by atoms with Gasteiger partial charge in [-0.25, -0.2) is 0 Å². The van der Waals surface area contributed by atoms with E-state index in [0.717, 1.165) is 35.3 Å². The van der Waals surface area contributed by atoms with E-state index in [1.54, 1.807) is 13.3 Å². The number of hydrogen-bond acceptors (Lipinski definition) is 4. The Morgan fingerprint density at radius 2 is 2.22 bits per heavy atom. The Morgan fingerprint density at radius 3 is 2.87 bits per heavy atom. The summed E-state index contributed by atoms with van der Waals surface area (Å²) in [5, 5.41) is 4.13. The van der Waals surface area contributed by atoms with Crippen molar-refractivity contribution in [1.82, 2.24) is 15.2 Å². The van der Waals surface area contributed by atoms with Crippen LogP contribution in [0.3, 0.4) is 0 Å². The molecule has 3 heterocycles. The maximum absolute atomic E-state index is 5.90. The van der Waals surface area contributed by atoms with Gasteiger partial charge in [0.1, 0.15) is 17.6 Å². The van der Waals surface area contributed by atoms with Crippen LogP contribution in [0.1, 0.15) is 35.7 Å². The number of nitrogens with zero attached hydrogens (tertiary/aromatic N) is 2. The van der Waals surface area contributed by atoms with Crippen molar-refractivity contribution in [2.24, 2.45) is 0 Å². The van der Waals surface area contributed by atoms with Crippen molar-refractivity contribution in [3.63, 3.8) is 0 Å². The molecule has 2 atom stereocenters. The Balaban J connectivity index is 1.91. The summed E-state index contributed by atoms with van der Waals surface area (Å²) >= 11 is 5.56. The normalized spacial score (nSPS) is 20.8. The molecule has 6 heteroatoms. The number of aryl methyl sites for hydroxylation is 1. The van der Waals surface area contributed by atoms with E-state index < -0.39 is 0 Å². The van der Waals surface area contributed by atoms with E-state index in [9.17, 15) is 0 Å². The van der Waals surface area contributed by atoms with Crippen LogP contribution in [0, 0.1) is 6.92 Å². The number of methoxy groups -OCH3 is 1. The van der Waals surface area contributed by atoms with Gasteiger partial charge in [-0.3, -0.25) is 4.98 Å². The van der Waals surface area contributed by atoms with Gasteiger partial charge < -0.3 is 19.4 Å². The predicted octanol–water partition coefficient (Wildman–Crippen LogP) is 2.99. The van der Waals surface area contributed by atoms with Gasteiger partial charge in [-0.1, -0.05) is 6.07 Å². The van der Waals surface area contributed by atoms with Gasteiger partial charge in [-0.15, -0.1) is 0 Å². The van der Waals surface area contributed by atoms with Crippen molar-refractivity contribution in [1.29, 1.82) is 0 Å². The fraction of sp³-hybridized carbons (Fsp3) is 0.412. The fourth-order valence-electron chi connectivity index (χ4n) is 2.95. The quantitative estimate of drug-likeness (QED) is 0.649. The number of pyridine rings is 1. The third-order valence-electron chi connectivity index (χ3n) is 4.00. The minimum absolute atomic E-state index is 0.00274. The molecule has 23 heavy (non-hydrogen) atoms. The van der Waals surface area contributed by atoms with Crippen molar-refractivity contribution < 1.29 is 9.15 Å². The van der Waals surface area contributed by atoms with Gasteiger partial charge in [-0.05, 0) is 49.8 Å². The second-order valence-corrected chi connectivity index (χ2v) is 6.00. The SMILES string of the molecule is COCCCN1C(=S)N[C@H](c2ccccn2)[C@H]1c1ccc(C)o1. The fourth-order valence-corrected chi connectivity index (χ4v) is 3.28. The highest BCUT2D eigenvalue weighted by molar-refractivity contribution is 7.80. The lowest BCUT2D eigenvalue weighted by atomic mass is 10.0. The molecule has 3 rings (SSSR count). The molecule has 0 aromatic carbocycles. The molecule has 122 valence electrons. The van der Waals surface area contributed by atoms with Gasteiger partial charge in [0.25, 0.3) is 0 Å². The molecule has 0 spiro atoms. The van der Waals surface area contributed by atoms with E-state index in [4.69, 9.17) is 21.4 Å². The zero-order valence-corrected chi connectivity index (χ0v) is 14.2. The third kappa shape index (κ3) is 3.38. The lowest BCUT2D eigenvalue weighted by molar-refractivity contribution is 0.177. The van der Waals surface area contributed by atoms with Crippen molar-refractivity contribution in [3.8, 4) is 0 Å². The number of furan rings is 1. The average molecular weight is 331 g/mol. The molecule has 0 radical (unpaired) electrons. The lowest BCUT2D eigenvalue weighted by Crippen LogP contribution is -2.31. The summed E-state index contributed by atoms with van der Waals surface area (Å²) < 4.78 is 11.1. The topological polar surface area (TPSA) is 50.5 Å². The summed E-state index contributed by atoms with van der Waals surface area (Å²) in [6.45, 7) is 3.47. The lowest BCUT2D eigenvalue weighted by Gasteiger charge is -2.25. The number of aromatic nitrogens is 1. The van der Waals surface area contributed by atoms with E-state index in [1.807, 2.05) is 37.3 Å². The first-order chi connectivity index (χ1) is 11.2. The van der Waals surface area contributed by atoms with Crippen molar-refractivity contribution in [3.05, 3.63) is 53.7 Å². The van der Waals surface area contributed by atoms with Gasteiger partial charge in [0, 0.05) is 26.5 Å². The van der Waals surface area contributed by atoms with Gasteiger partial charge >= 0.3 is 0 Å². The first kappa shape index (κ1) is 16.0. The second-order valence-electron chi connectivity index (χ2n) is 5.61. The van der Waals surface area contributed by atoms with E-state index >= 15 is 0 Å². The Kier molecular flexibility index (Phi) is 4.93. The minimum Gasteiger partial charge on any atom is -0.464 e. The van der Waals surface area contributed by atoms with Gasteiger partial charge in [0.15, 0.2) is 5.11 Å². The van der Waals surface area contributed by atoms with Crippen LogP contribution in [0.5, 0.6) is 0 Å². The largest absolute Gasteiger partial charge is 0.464 e. The van der Waals surface area contributed by atoms with E-state index in [0.29, 0.717) is 6.61 Å². The summed E-state index contributed by atoms with van der Waals surface area (Å²) in [5.74, 6) is 1.80. The van der Waals surface area contributed by atoms with Gasteiger partial charge in [0.05, 0.1) is 11.7 Å². The standard InChI is InChI=1S/C17H21N3O2S/c1-12-7-8-14(22-12)16-15(13-6-3-4-9-18-13)19-17(23)20(16)10-5-11-21-2/h3-4,6-9,15-16H,5,10-11H2,1-2H3,(H,19,23)/t15-,16-/m1/s1. The van der Waals surface area contributed by atoms with Crippen LogP contribution in [-0.2, 0) is 4.74 Å². The monoisotopic (exact) mass is 331 g/mol. The molecule has 0 amide bonds. The van der Waals surface area contributed by atoms with E-state index in [1.165, 1.54) is 0 Å². The summed E-state index contributed by atoms with van der Waals surface area (Å²) in [6, 6.07) is 9.92. The van der Waals surface area contributed by atoms with Crippen molar-refractivity contribution >= 4 is 17.3 Å². The highest BCUT2D eigenvalue weighted by atomic mass is 32.1. The first-order valence-electron chi connectivity index (χ1n) is 7.74. The third-order valence-corrected chi connectivity index (χ3v) is 4.35. The van der Waals surface area contributed by atoms with Crippen molar-refractivity contribution in [2.45, 2.75) is 25.4 Å². The van der Waals surface area contributed by atoms with Crippen LogP contribution in [0.15, 0.2) is 40.9 Å². The Bertz CT molecular complexity index is 659. The molecule has 1 aliphatic heterocycles. The summed E-state index contributed by atoms with van der Waals surface area (Å²) in [6.07, 6.45) is 2.71. The predicted molar refractivity (Wildman–Crippen MR) is 92.1 cm³/mol. The number of hydrogen-bond donors (Lipinski definition) is 1. The zero-order valence-electron chi connectivity index (χ0n) is 13.4. The number of nitrogens with one attached hydrogen (secondary N) is 1. The molecule has 0 saturated carbocycles. The van der Waals surface area contributed by atoms with E-state index in [2.05, 4.69) is 15.2 Å². The van der Waals surface area contributed by atoms with Crippen LogP contribution in [0.4, 0.5) is 0 Å². The number of thiocarbonyl (C=S) groups is 1. The van der Waals surface area contributed by atoms with Crippen LogP contribution in [0.25, 0.3) is 0 Å². The van der Waals surface area contributed by atoms with E-state index in [-0.39, 0.29) is 12.1 Å². The van der Waals surface area contributed by atoms with Gasteiger partial charge in [0.2, 0.25) is 0 Å². The summed E-state index contributed by atoms with van der Waals surface area (Å²) in [7, 11) is 1.71. The molecule has 1 aliphatic rings. The summed E-state index contributed by atoms with van der Waals surface area (Å²) in [5.41, 5.74) is 0.961. The zero-order chi connectivity index (χ0) is 16.2. The Morgan fingerprint density at radius 1 is 1.35 bits per heavy atom. The summed E-state index contributed by atoms with van der Waals surface area (Å²) in [4.78, 5) is 6.67. The van der Waals surface area contributed by atoms with Gasteiger partial charge in [-0.2, -0.15) is 0 Å². The minimum atomic E-state index is -0.0169. The highest BCUT2D eigenvalue weighted by Crippen LogP contribution is 2.39. The molecule has 1 N–H and O–H groups in total. The molecule has 2 aromatic heterocycles. The van der Waals surface area contributed by atoms with Crippen LogP contribution in [0.2, 0.25) is 0 Å². The number of rotatable bonds is 6. The average Bonchev–Trinajstić information content (AvgIpc) is 3.12. The molecule has 1 fully saturated rings. The molecule has 1 saturated heterocycles. The maximum atomic E-state index is 5.90. The van der Waals surface area contributed by atoms with Crippen LogP contribution < -0.4 is 5.32 Å². The molecule has 5 nitrogen and oxygen atoms in total. The molecular weight excluding hydrogens is 310 g/mol. The smallest absolute Gasteiger partial charge is 0.170 e. The molecule has 0 bridgehead atoms. The van der Waals surface area contributed by atoms with Crippen LogP contribution >= 0.6 is 12.2 Å². The molecule has 0 unspecified atom stereocenters. The molecular formula is C17H21N3O2S. The first-order valence-corrected chi connectivity index (χ1v) is 8.15. The maximum Gasteiger partial charge on any atom is 0.170 e. The van der Waals surface area contributed by atoms with Crippen LogP contribution in [-0.4, -0.2) is 35.3 Å². The second kappa shape index (κ2) is 7.10. The highest BCUT2D eigenvalue weighted by Gasteiger charge is 2.41. The van der Waals surface area contributed by atoms with Crippen molar-refractivity contribution in [2.75, 3.05) is 20.3 Å². The number of ether oxygens (including phenoxy) is 1. The Labute approximate surface area is 141 Å². The molecule has 0 aliphatic carbocycles. The molecule has 2 aromatic rings.